The number of carbonyl (C=O) groups is 1. The number of piperidine rings is 2. The van der Waals surface area contributed by atoms with E-state index >= 15 is 0 Å². The monoisotopic (exact) mass is 403 g/mol. The molecule has 150 valence electrons. The number of amides is 1. The molecule has 7 heteroatoms. The van der Waals surface area contributed by atoms with E-state index in [1.54, 1.807) is 11.0 Å². The molecule has 0 radical (unpaired) electrons. The van der Waals surface area contributed by atoms with Crippen molar-refractivity contribution >= 4 is 17.5 Å². The summed E-state index contributed by atoms with van der Waals surface area (Å²) in [5.74, 6) is 0.425. The number of likely N-dealkylation sites (tertiary alicyclic amines) is 2. The zero-order valence-corrected chi connectivity index (χ0v) is 16.6. The standard InChI is InChI=1S/C21H26ClN3O3/c22-18-6-2-1-4-15(18)13-24-9-3-5-16(14-24)19-12-20(28-23-19)21(27)25-10-7-17(26)8-11-25/h1-2,4,6,12,16-17,26H,3,5,7-11,13-14H2/t16-/m0/s1. The highest BCUT2D eigenvalue weighted by Gasteiger charge is 2.28. The number of hydrogen-bond acceptors (Lipinski definition) is 5. The molecular weight excluding hydrogens is 378 g/mol. The smallest absolute Gasteiger partial charge is 0.292 e. The second kappa shape index (κ2) is 8.64. The highest BCUT2D eigenvalue weighted by Crippen LogP contribution is 2.29. The molecule has 6 nitrogen and oxygen atoms in total. The molecule has 2 aliphatic rings. The highest BCUT2D eigenvalue weighted by molar-refractivity contribution is 6.31. The Morgan fingerprint density at radius 1 is 1.21 bits per heavy atom. The van der Waals surface area contributed by atoms with Gasteiger partial charge in [-0.1, -0.05) is 35.0 Å². The van der Waals surface area contributed by atoms with Gasteiger partial charge in [0, 0.05) is 43.2 Å². The van der Waals surface area contributed by atoms with Crippen LogP contribution in [0, 0.1) is 0 Å². The van der Waals surface area contributed by atoms with Crippen LogP contribution in [0.15, 0.2) is 34.9 Å². The first kappa shape index (κ1) is 19.4. The van der Waals surface area contributed by atoms with Crippen molar-refractivity contribution in [1.29, 1.82) is 0 Å². The Hall–Kier alpha value is -1.89. The lowest BCUT2D eigenvalue weighted by Gasteiger charge is -2.31. The molecule has 0 spiro atoms. The van der Waals surface area contributed by atoms with Crippen LogP contribution in [-0.2, 0) is 6.54 Å². The van der Waals surface area contributed by atoms with E-state index in [-0.39, 0.29) is 17.9 Å². The summed E-state index contributed by atoms with van der Waals surface area (Å²) < 4.78 is 5.39. The summed E-state index contributed by atoms with van der Waals surface area (Å²) in [7, 11) is 0. The Morgan fingerprint density at radius 2 is 2.00 bits per heavy atom. The largest absolute Gasteiger partial charge is 0.393 e. The van der Waals surface area contributed by atoms with E-state index in [0.29, 0.717) is 31.7 Å². The lowest BCUT2D eigenvalue weighted by atomic mass is 9.94. The zero-order chi connectivity index (χ0) is 19.5. The molecule has 0 unspecified atom stereocenters. The van der Waals surface area contributed by atoms with E-state index in [1.807, 2.05) is 18.2 Å². The number of nitrogens with zero attached hydrogens (tertiary/aromatic N) is 3. The predicted octanol–water partition coefficient (Wildman–Crippen LogP) is 3.30. The van der Waals surface area contributed by atoms with Gasteiger partial charge in [0.15, 0.2) is 0 Å². The van der Waals surface area contributed by atoms with Crippen LogP contribution in [0.1, 0.15) is 53.4 Å². The molecule has 28 heavy (non-hydrogen) atoms. The van der Waals surface area contributed by atoms with Crippen LogP contribution < -0.4 is 0 Å². The van der Waals surface area contributed by atoms with Gasteiger partial charge in [-0.05, 0) is 43.9 Å². The lowest BCUT2D eigenvalue weighted by molar-refractivity contribution is 0.0512. The third-order valence-electron chi connectivity index (χ3n) is 5.77. The molecule has 1 aromatic carbocycles. The van der Waals surface area contributed by atoms with Crippen molar-refractivity contribution in [2.75, 3.05) is 26.2 Å². The number of aliphatic hydroxyl groups excluding tert-OH is 1. The number of aliphatic hydroxyl groups is 1. The summed E-state index contributed by atoms with van der Waals surface area (Å²) in [4.78, 5) is 16.8. The van der Waals surface area contributed by atoms with E-state index in [0.717, 1.165) is 48.8 Å². The van der Waals surface area contributed by atoms with Gasteiger partial charge in [0.2, 0.25) is 5.76 Å². The quantitative estimate of drug-likeness (QED) is 0.848. The van der Waals surface area contributed by atoms with Crippen LogP contribution >= 0.6 is 11.6 Å². The van der Waals surface area contributed by atoms with Crippen molar-refractivity contribution in [3.05, 3.63) is 52.4 Å². The average molecular weight is 404 g/mol. The van der Waals surface area contributed by atoms with Gasteiger partial charge in [-0.25, -0.2) is 0 Å². The fourth-order valence-electron chi connectivity index (χ4n) is 4.11. The highest BCUT2D eigenvalue weighted by atomic mass is 35.5. The Labute approximate surface area is 170 Å². The molecule has 0 bridgehead atoms. The molecule has 1 amide bonds. The van der Waals surface area contributed by atoms with E-state index in [4.69, 9.17) is 16.1 Å². The number of rotatable bonds is 4. The van der Waals surface area contributed by atoms with Crippen molar-refractivity contribution in [2.24, 2.45) is 0 Å². The van der Waals surface area contributed by atoms with Gasteiger partial charge < -0.3 is 14.5 Å². The van der Waals surface area contributed by atoms with Gasteiger partial charge >= 0.3 is 0 Å². The van der Waals surface area contributed by atoms with Gasteiger partial charge in [0.05, 0.1) is 11.8 Å². The van der Waals surface area contributed by atoms with Crippen LogP contribution in [-0.4, -0.2) is 58.3 Å². The van der Waals surface area contributed by atoms with Gasteiger partial charge in [-0.2, -0.15) is 0 Å². The fraction of sp³-hybridized carbons (Fsp3) is 0.524. The van der Waals surface area contributed by atoms with Crippen LogP contribution in [0.5, 0.6) is 0 Å². The molecule has 0 saturated carbocycles. The van der Waals surface area contributed by atoms with Crippen molar-refractivity contribution in [3.63, 3.8) is 0 Å². The molecule has 2 saturated heterocycles. The topological polar surface area (TPSA) is 69.8 Å². The third-order valence-corrected chi connectivity index (χ3v) is 6.14. The van der Waals surface area contributed by atoms with Gasteiger partial charge in [-0.15, -0.1) is 0 Å². The summed E-state index contributed by atoms with van der Waals surface area (Å²) >= 11 is 6.31. The molecule has 1 aromatic heterocycles. The fourth-order valence-corrected chi connectivity index (χ4v) is 4.31. The summed E-state index contributed by atoms with van der Waals surface area (Å²) in [5, 5.41) is 14.6. The molecule has 3 heterocycles. The molecule has 1 N–H and O–H groups in total. The normalized spacial score (nSPS) is 21.8. The first-order valence-electron chi connectivity index (χ1n) is 10.00. The van der Waals surface area contributed by atoms with Crippen molar-refractivity contribution in [1.82, 2.24) is 15.0 Å². The summed E-state index contributed by atoms with van der Waals surface area (Å²) in [5.41, 5.74) is 1.98. The molecule has 2 fully saturated rings. The Morgan fingerprint density at radius 3 is 2.79 bits per heavy atom. The maximum absolute atomic E-state index is 12.6. The Balaban J connectivity index is 1.39. The second-order valence-corrected chi connectivity index (χ2v) is 8.21. The molecule has 0 aliphatic carbocycles. The molecule has 1 atom stereocenters. The number of halogens is 1. The minimum absolute atomic E-state index is 0.130. The minimum atomic E-state index is -0.305. The first-order chi connectivity index (χ1) is 13.6. The Bertz CT molecular complexity index is 817. The summed E-state index contributed by atoms with van der Waals surface area (Å²) in [6, 6.07) is 9.75. The molecule has 4 rings (SSSR count). The van der Waals surface area contributed by atoms with E-state index < -0.39 is 0 Å². The van der Waals surface area contributed by atoms with Crippen LogP contribution in [0.25, 0.3) is 0 Å². The van der Waals surface area contributed by atoms with Crippen molar-refractivity contribution in [3.8, 4) is 0 Å². The van der Waals surface area contributed by atoms with Gasteiger partial charge in [0.25, 0.3) is 5.91 Å². The summed E-state index contributed by atoms with van der Waals surface area (Å²) in [6.07, 6.45) is 3.05. The Kier molecular flexibility index (Phi) is 5.99. The number of aromatic nitrogens is 1. The molecular formula is C21H26ClN3O3. The number of hydrogen-bond donors (Lipinski definition) is 1. The number of carbonyl (C=O) groups excluding carboxylic acids is 1. The molecule has 2 aliphatic heterocycles. The maximum Gasteiger partial charge on any atom is 0.292 e. The lowest BCUT2D eigenvalue weighted by Crippen LogP contribution is -2.39. The van der Waals surface area contributed by atoms with E-state index in [9.17, 15) is 9.90 Å². The van der Waals surface area contributed by atoms with Crippen LogP contribution in [0.4, 0.5) is 0 Å². The van der Waals surface area contributed by atoms with Gasteiger partial charge in [-0.3, -0.25) is 9.69 Å². The second-order valence-electron chi connectivity index (χ2n) is 7.81. The van der Waals surface area contributed by atoms with E-state index in [2.05, 4.69) is 16.1 Å². The SMILES string of the molecule is O=C(c1cc([C@H]2CCCN(Cc3ccccc3Cl)C2)no1)N1CCC(O)CC1. The van der Waals surface area contributed by atoms with Crippen molar-refractivity contribution in [2.45, 2.75) is 44.2 Å². The predicted molar refractivity (Wildman–Crippen MR) is 106 cm³/mol. The summed E-state index contributed by atoms with van der Waals surface area (Å²) in [6.45, 7) is 3.84. The number of benzene rings is 1. The van der Waals surface area contributed by atoms with Crippen molar-refractivity contribution < 1.29 is 14.4 Å². The van der Waals surface area contributed by atoms with Crippen LogP contribution in [0.2, 0.25) is 5.02 Å². The minimum Gasteiger partial charge on any atom is -0.393 e. The maximum atomic E-state index is 12.6. The van der Waals surface area contributed by atoms with Crippen LogP contribution in [0.3, 0.4) is 0 Å². The third kappa shape index (κ3) is 4.40. The van der Waals surface area contributed by atoms with E-state index in [1.165, 1.54) is 0 Å². The average Bonchev–Trinajstić information content (AvgIpc) is 3.20. The first-order valence-corrected chi connectivity index (χ1v) is 10.4. The van der Waals surface area contributed by atoms with Gasteiger partial charge in [0.1, 0.15) is 0 Å². The molecule has 2 aromatic rings. The zero-order valence-electron chi connectivity index (χ0n) is 15.9.